The predicted octanol–water partition coefficient (Wildman–Crippen LogP) is 1.50. The van der Waals surface area contributed by atoms with Crippen LogP contribution in [0.3, 0.4) is 0 Å². The minimum absolute atomic E-state index is 0. The minimum atomic E-state index is 0. The van der Waals surface area contributed by atoms with Crippen molar-refractivity contribution in [1.29, 1.82) is 0 Å². The van der Waals surface area contributed by atoms with Gasteiger partial charge in [0.1, 0.15) is 5.75 Å². The van der Waals surface area contributed by atoms with Crippen LogP contribution in [0, 0.1) is 0 Å². The van der Waals surface area contributed by atoms with E-state index in [1.165, 1.54) is 0 Å². The van der Waals surface area contributed by atoms with E-state index >= 15 is 0 Å². The van der Waals surface area contributed by atoms with Gasteiger partial charge in [0.2, 0.25) is 0 Å². The van der Waals surface area contributed by atoms with Crippen molar-refractivity contribution in [2.45, 2.75) is 6.54 Å². The van der Waals surface area contributed by atoms with Crippen LogP contribution in [-0.2, 0) is 6.54 Å². The maximum absolute atomic E-state index is 5.16. The van der Waals surface area contributed by atoms with Gasteiger partial charge in [0, 0.05) is 6.54 Å². The van der Waals surface area contributed by atoms with Crippen LogP contribution < -0.4 is 16.0 Å². The van der Waals surface area contributed by atoms with E-state index in [1.54, 1.807) is 7.11 Å². The third-order valence-electron chi connectivity index (χ3n) is 1.44. The van der Waals surface area contributed by atoms with Gasteiger partial charge in [-0.3, -0.25) is 11.3 Å². The highest BCUT2D eigenvalue weighted by Gasteiger charge is 1.92. The number of ether oxygens (including phenoxy) is 1. The van der Waals surface area contributed by atoms with E-state index in [4.69, 9.17) is 10.6 Å². The van der Waals surface area contributed by atoms with Crippen LogP contribution >= 0.6 is 24.8 Å². The molecule has 3 nitrogen and oxygen atoms in total. The van der Waals surface area contributed by atoms with Gasteiger partial charge in [0.05, 0.1) is 7.11 Å². The van der Waals surface area contributed by atoms with Crippen molar-refractivity contribution in [3.63, 3.8) is 0 Å². The molecule has 0 aliphatic heterocycles. The average Bonchev–Trinajstić information content (AvgIpc) is 2.06. The fourth-order valence-corrected chi connectivity index (χ4v) is 0.900. The fraction of sp³-hybridized carbons (Fsp3) is 0.250. The second-order valence-electron chi connectivity index (χ2n) is 2.23. The van der Waals surface area contributed by atoms with Gasteiger partial charge in [0.15, 0.2) is 0 Å². The largest absolute Gasteiger partial charge is 0.497 e. The Morgan fingerprint density at radius 2 is 2.08 bits per heavy atom. The Morgan fingerprint density at radius 1 is 1.38 bits per heavy atom. The molecular weight excluding hydrogens is 211 g/mol. The first-order chi connectivity index (χ1) is 5.36. The summed E-state index contributed by atoms with van der Waals surface area (Å²) in [5.74, 6) is 6.02. The van der Waals surface area contributed by atoms with E-state index in [-0.39, 0.29) is 24.8 Å². The first-order valence-corrected chi connectivity index (χ1v) is 3.43. The molecule has 0 radical (unpaired) electrons. The van der Waals surface area contributed by atoms with Gasteiger partial charge < -0.3 is 4.74 Å². The molecule has 1 aromatic rings. The van der Waals surface area contributed by atoms with Gasteiger partial charge in [-0.25, -0.2) is 0 Å². The molecule has 0 amide bonds. The molecule has 76 valence electrons. The Kier molecular flexibility index (Phi) is 9.39. The number of benzene rings is 1. The summed E-state index contributed by atoms with van der Waals surface area (Å²) in [6.45, 7) is 0.664. The maximum Gasteiger partial charge on any atom is 0.119 e. The summed E-state index contributed by atoms with van der Waals surface area (Å²) in [6.07, 6.45) is 0. The number of hydrogen-bond donors (Lipinski definition) is 2. The average molecular weight is 225 g/mol. The predicted molar refractivity (Wildman–Crippen MR) is 58.5 cm³/mol. The molecule has 1 rings (SSSR count). The summed E-state index contributed by atoms with van der Waals surface area (Å²) in [5, 5.41) is 0. The molecule has 0 aromatic heterocycles. The smallest absolute Gasteiger partial charge is 0.119 e. The topological polar surface area (TPSA) is 47.3 Å². The zero-order valence-corrected chi connectivity index (χ0v) is 8.95. The second-order valence-corrected chi connectivity index (χ2v) is 2.23. The molecule has 3 N–H and O–H groups in total. The molecule has 0 spiro atoms. The number of nitrogens with one attached hydrogen (secondary N) is 1. The van der Waals surface area contributed by atoms with Crippen molar-refractivity contribution in [2.75, 3.05) is 7.11 Å². The highest BCUT2D eigenvalue weighted by molar-refractivity contribution is 5.85. The number of nitrogens with two attached hydrogens (primary N) is 1. The van der Waals surface area contributed by atoms with Crippen LogP contribution in [0.25, 0.3) is 0 Å². The monoisotopic (exact) mass is 224 g/mol. The zero-order valence-electron chi connectivity index (χ0n) is 7.32. The molecule has 0 heterocycles. The van der Waals surface area contributed by atoms with E-state index < -0.39 is 0 Å². The maximum atomic E-state index is 5.16. The lowest BCUT2D eigenvalue weighted by Crippen LogP contribution is -2.20. The van der Waals surface area contributed by atoms with E-state index in [0.717, 1.165) is 11.3 Å². The Morgan fingerprint density at radius 3 is 2.62 bits per heavy atom. The van der Waals surface area contributed by atoms with Gasteiger partial charge >= 0.3 is 0 Å². The van der Waals surface area contributed by atoms with E-state index in [1.807, 2.05) is 24.3 Å². The van der Waals surface area contributed by atoms with Gasteiger partial charge in [-0.05, 0) is 17.7 Å². The Balaban J connectivity index is 0. The third-order valence-corrected chi connectivity index (χ3v) is 1.44. The normalized spacial score (nSPS) is 8.15. The highest BCUT2D eigenvalue weighted by atomic mass is 35.5. The van der Waals surface area contributed by atoms with E-state index in [2.05, 4.69) is 5.43 Å². The summed E-state index contributed by atoms with van der Waals surface area (Å²) in [4.78, 5) is 0. The van der Waals surface area contributed by atoms with Crippen LogP contribution in [0.15, 0.2) is 24.3 Å². The summed E-state index contributed by atoms with van der Waals surface area (Å²) < 4.78 is 5.03. The standard InChI is InChI=1S/C8H12N2O.2ClH/c1-11-8-4-2-3-7(5-8)6-10-9;;/h2-5,10H,6,9H2,1H3;2*1H. The molecule has 0 fully saturated rings. The molecule has 0 atom stereocenters. The number of rotatable bonds is 3. The van der Waals surface area contributed by atoms with Crippen molar-refractivity contribution in [1.82, 2.24) is 5.43 Å². The summed E-state index contributed by atoms with van der Waals surface area (Å²) in [7, 11) is 1.65. The van der Waals surface area contributed by atoms with Crippen LogP contribution in [0.1, 0.15) is 5.56 Å². The van der Waals surface area contributed by atoms with Crippen molar-refractivity contribution in [3.05, 3.63) is 29.8 Å². The minimum Gasteiger partial charge on any atom is -0.497 e. The fourth-order valence-electron chi connectivity index (χ4n) is 0.900. The number of hydrogen-bond acceptors (Lipinski definition) is 3. The van der Waals surface area contributed by atoms with E-state index in [9.17, 15) is 0 Å². The lowest BCUT2D eigenvalue weighted by atomic mass is 10.2. The first kappa shape index (κ1) is 15.0. The lowest BCUT2D eigenvalue weighted by Gasteiger charge is -2.02. The zero-order chi connectivity index (χ0) is 8.10. The molecule has 0 saturated heterocycles. The molecule has 5 heteroatoms. The van der Waals surface area contributed by atoms with Gasteiger partial charge in [-0.2, -0.15) is 0 Å². The molecular formula is C8H14Cl2N2O. The number of halogens is 2. The Hall–Kier alpha value is -0.480. The highest BCUT2D eigenvalue weighted by Crippen LogP contribution is 2.11. The summed E-state index contributed by atoms with van der Waals surface area (Å²) >= 11 is 0. The van der Waals surface area contributed by atoms with Crippen LogP contribution in [0.4, 0.5) is 0 Å². The van der Waals surface area contributed by atoms with Crippen LogP contribution in [0.5, 0.6) is 5.75 Å². The molecule has 0 unspecified atom stereocenters. The van der Waals surface area contributed by atoms with Crippen molar-refractivity contribution < 1.29 is 4.74 Å². The van der Waals surface area contributed by atoms with Crippen LogP contribution in [-0.4, -0.2) is 7.11 Å². The van der Waals surface area contributed by atoms with Gasteiger partial charge in [-0.15, -0.1) is 24.8 Å². The van der Waals surface area contributed by atoms with Gasteiger partial charge in [-0.1, -0.05) is 12.1 Å². The number of hydrazine groups is 1. The molecule has 0 aliphatic rings. The van der Waals surface area contributed by atoms with Crippen molar-refractivity contribution in [2.24, 2.45) is 5.84 Å². The second kappa shape index (κ2) is 8.13. The van der Waals surface area contributed by atoms with Crippen molar-refractivity contribution in [3.8, 4) is 5.75 Å². The molecule has 0 aliphatic carbocycles. The Bertz CT molecular complexity index is 233. The molecule has 0 bridgehead atoms. The quantitative estimate of drug-likeness (QED) is 0.605. The van der Waals surface area contributed by atoms with Crippen molar-refractivity contribution >= 4 is 24.8 Å². The molecule has 0 saturated carbocycles. The molecule has 13 heavy (non-hydrogen) atoms. The number of methoxy groups -OCH3 is 1. The SMILES string of the molecule is COc1cccc(CNN)c1.Cl.Cl. The van der Waals surface area contributed by atoms with Gasteiger partial charge in [0.25, 0.3) is 0 Å². The molecule has 1 aromatic carbocycles. The van der Waals surface area contributed by atoms with Crippen LogP contribution in [0.2, 0.25) is 0 Å². The van der Waals surface area contributed by atoms with E-state index in [0.29, 0.717) is 6.54 Å². The summed E-state index contributed by atoms with van der Waals surface area (Å²) in [5.41, 5.74) is 3.70. The first-order valence-electron chi connectivity index (χ1n) is 3.43. The Labute approximate surface area is 90.4 Å². The lowest BCUT2D eigenvalue weighted by molar-refractivity contribution is 0.414. The summed E-state index contributed by atoms with van der Waals surface area (Å²) in [6, 6.07) is 7.77. The third kappa shape index (κ3) is 4.95.